The van der Waals surface area contributed by atoms with Crippen molar-refractivity contribution in [3.63, 3.8) is 0 Å². The van der Waals surface area contributed by atoms with E-state index in [0.717, 1.165) is 11.3 Å². The van der Waals surface area contributed by atoms with Crippen LogP contribution in [0.1, 0.15) is 37.6 Å². The first-order valence-corrected chi connectivity index (χ1v) is 6.58. The fourth-order valence-electron chi connectivity index (χ4n) is 1.99. The minimum absolute atomic E-state index is 0.00824. The van der Waals surface area contributed by atoms with Crippen LogP contribution in [0.3, 0.4) is 0 Å². The topological polar surface area (TPSA) is 54.5 Å². The third-order valence-electron chi connectivity index (χ3n) is 3.67. The monoisotopic (exact) mass is 271 g/mol. The van der Waals surface area contributed by atoms with Gasteiger partial charge in [-0.1, -0.05) is 32.9 Å². The molecule has 0 fully saturated rings. The summed E-state index contributed by atoms with van der Waals surface area (Å²) < 4.78 is 0. The summed E-state index contributed by atoms with van der Waals surface area (Å²) in [4.78, 5) is 36.8. The normalized spacial score (nSPS) is 15.1. The summed E-state index contributed by atoms with van der Waals surface area (Å²) in [5, 5.41) is 0. The fraction of sp³-hybridized carbons (Fsp3) is 0.312. The molecule has 1 aliphatic rings. The van der Waals surface area contributed by atoms with Crippen molar-refractivity contribution in [2.24, 2.45) is 5.41 Å². The largest absolute Gasteiger partial charge is 0.294 e. The number of anilines is 1. The van der Waals surface area contributed by atoms with Crippen molar-refractivity contribution in [1.82, 2.24) is 0 Å². The molecule has 0 aliphatic carbocycles. The molecule has 2 rings (SSSR count). The number of Topliss-reactive ketones (excluding diaryl/α,β-unsaturated/α-hetero) is 1. The Morgan fingerprint density at radius 3 is 2.30 bits per heavy atom. The lowest BCUT2D eigenvalue weighted by atomic mass is 9.82. The van der Waals surface area contributed by atoms with Crippen LogP contribution >= 0.6 is 0 Å². The number of hydrogen-bond acceptors (Lipinski definition) is 3. The standard InChI is InChI=1S/C16H17NO3/c1-4-16(2,3)15(20)11-6-5-7-12(10-11)17-13(18)8-9-14(17)19/h5-10H,4H2,1-3H3. The number of ketones is 1. The third-order valence-corrected chi connectivity index (χ3v) is 3.67. The molecule has 1 heterocycles. The van der Waals surface area contributed by atoms with Gasteiger partial charge in [0.1, 0.15) is 0 Å². The average molecular weight is 271 g/mol. The Balaban J connectivity index is 2.37. The van der Waals surface area contributed by atoms with Crippen molar-refractivity contribution in [3.8, 4) is 0 Å². The van der Waals surface area contributed by atoms with Crippen LogP contribution in [-0.2, 0) is 9.59 Å². The van der Waals surface area contributed by atoms with E-state index >= 15 is 0 Å². The van der Waals surface area contributed by atoms with E-state index in [1.165, 1.54) is 12.2 Å². The Bertz CT molecular complexity index is 596. The van der Waals surface area contributed by atoms with Gasteiger partial charge in [0.15, 0.2) is 5.78 Å². The molecule has 104 valence electrons. The van der Waals surface area contributed by atoms with Crippen LogP contribution in [0.25, 0.3) is 0 Å². The summed E-state index contributed by atoms with van der Waals surface area (Å²) in [5.41, 5.74) is 0.486. The maximum absolute atomic E-state index is 12.4. The van der Waals surface area contributed by atoms with E-state index in [9.17, 15) is 14.4 Å². The minimum atomic E-state index is -0.462. The summed E-state index contributed by atoms with van der Waals surface area (Å²) in [6.45, 7) is 5.73. The van der Waals surface area contributed by atoms with Gasteiger partial charge in [0, 0.05) is 23.1 Å². The first-order valence-electron chi connectivity index (χ1n) is 6.58. The maximum Gasteiger partial charge on any atom is 0.258 e. The first kappa shape index (κ1) is 14.2. The first-order chi connectivity index (χ1) is 9.36. The van der Waals surface area contributed by atoms with E-state index < -0.39 is 5.41 Å². The van der Waals surface area contributed by atoms with E-state index in [2.05, 4.69) is 0 Å². The predicted molar refractivity (Wildman–Crippen MR) is 76.5 cm³/mol. The molecule has 0 bridgehead atoms. The van der Waals surface area contributed by atoms with Crippen LogP contribution in [-0.4, -0.2) is 17.6 Å². The number of benzene rings is 1. The van der Waals surface area contributed by atoms with E-state index in [4.69, 9.17) is 0 Å². The SMILES string of the molecule is CCC(C)(C)C(=O)c1cccc(N2C(=O)C=CC2=O)c1. The molecule has 0 saturated heterocycles. The fourth-order valence-corrected chi connectivity index (χ4v) is 1.99. The van der Waals surface area contributed by atoms with Gasteiger partial charge < -0.3 is 0 Å². The lowest BCUT2D eigenvalue weighted by Gasteiger charge is -2.22. The number of hydrogen-bond donors (Lipinski definition) is 0. The van der Waals surface area contributed by atoms with Crippen molar-refractivity contribution in [3.05, 3.63) is 42.0 Å². The van der Waals surface area contributed by atoms with Gasteiger partial charge in [0.05, 0.1) is 5.69 Å². The molecule has 1 aromatic rings. The highest BCUT2D eigenvalue weighted by atomic mass is 16.2. The maximum atomic E-state index is 12.4. The Hall–Kier alpha value is -2.23. The number of carbonyl (C=O) groups excluding carboxylic acids is 3. The van der Waals surface area contributed by atoms with Crippen LogP contribution in [0.2, 0.25) is 0 Å². The molecule has 20 heavy (non-hydrogen) atoms. The van der Waals surface area contributed by atoms with Crippen molar-refractivity contribution in [1.29, 1.82) is 0 Å². The van der Waals surface area contributed by atoms with Gasteiger partial charge in [0.2, 0.25) is 0 Å². The second kappa shape index (κ2) is 5.04. The minimum Gasteiger partial charge on any atom is -0.294 e. The molecule has 4 nitrogen and oxygen atoms in total. The van der Waals surface area contributed by atoms with Crippen LogP contribution < -0.4 is 4.90 Å². The van der Waals surface area contributed by atoms with Crippen LogP contribution in [0.4, 0.5) is 5.69 Å². The third kappa shape index (κ3) is 2.41. The number of amides is 2. The molecule has 4 heteroatoms. The number of imide groups is 1. The highest BCUT2D eigenvalue weighted by Gasteiger charge is 2.29. The summed E-state index contributed by atoms with van der Waals surface area (Å²) >= 11 is 0. The summed E-state index contributed by atoms with van der Waals surface area (Å²) in [6.07, 6.45) is 3.18. The van der Waals surface area contributed by atoms with Crippen LogP contribution in [0, 0.1) is 5.41 Å². The number of rotatable bonds is 4. The van der Waals surface area contributed by atoms with Gasteiger partial charge in [0.25, 0.3) is 11.8 Å². The molecular weight excluding hydrogens is 254 g/mol. The molecule has 0 unspecified atom stereocenters. The molecule has 0 atom stereocenters. The molecule has 0 N–H and O–H groups in total. The smallest absolute Gasteiger partial charge is 0.258 e. The highest BCUT2D eigenvalue weighted by molar-refractivity contribution is 6.28. The van der Waals surface area contributed by atoms with Crippen molar-refractivity contribution >= 4 is 23.3 Å². The molecule has 0 aromatic heterocycles. The van der Waals surface area contributed by atoms with E-state index in [1.807, 2.05) is 20.8 Å². The van der Waals surface area contributed by atoms with Crippen LogP contribution in [0.15, 0.2) is 36.4 Å². The Labute approximate surface area is 118 Å². The summed E-state index contributed by atoms with van der Waals surface area (Å²) in [7, 11) is 0. The number of carbonyl (C=O) groups is 3. The second-order valence-electron chi connectivity index (χ2n) is 5.46. The zero-order valence-corrected chi connectivity index (χ0v) is 11.8. The van der Waals surface area contributed by atoms with Gasteiger partial charge in [-0.05, 0) is 18.6 Å². The molecule has 1 aliphatic heterocycles. The quantitative estimate of drug-likeness (QED) is 0.625. The Morgan fingerprint density at radius 2 is 1.75 bits per heavy atom. The lowest BCUT2D eigenvalue weighted by molar-refractivity contribution is -0.119. The zero-order valence-electron chi connectivity index (χ0n) is 11.8. The average Bonchev–Trinajstić information content (AvgIpc) is 2.77. The molecule has 0 saturated carbocycles. The van der Waals surface area contributed by atoms with E-state index in [1.54, 1.807) is 24.3 Å². The van der Waals surface area contributed by atoms with E-state index in [-0.39, 0.29) is 17.6 Å². The Morgan fingerprint density at radius 1 is 1.15 bits per heavy atom. The second-order valence-corrected chi connectivity index (χ2v) is 5.46. The molecular formula is C16H17NO3. The van der Waals surface area contributed by atoms with Crippen molar-refractivity contribution in [2.45, 2.75) is 27.2 Å². The van der Waals surface area contributed by atoms with Crippen molar-refractivity contribution < 1.29 is 14.4 Å². The zero-order chi connectivity index (χ0) is 14.9. The van der Waals surface area contributed by atoms with Crippen LogP contribution in [0.5, 0.6) is 0 Å². The molecule has 2 amide bonds. The molecule has 0 radical (unpaired) electrons. The predicted octanol–water partition coefficient (Wildman–Crippen LogP) is 2.73. The highest BCUT2D eigenvalue weighted by Crippen LogP contribution is 2.28. The Kier molecular flexibility index (Phi) is 3.57. The lowest BCUT2D eigenvalue weighted by Crippen LogP contribution is -2.30. The van der Waals surface area contributed by atoms with E-state index in [0.29, 0.717) is 11.3 Å². The molecule has 1 aromatic carbocycles. The van der Waals surface area contributed by atoms with Gasteiger partial charge in [-0.25, -0.2) is 4.90 Å². The van der Waals surface area contributed by atoms with Gasteiger partial charge in [-0.3, -0.25) is 14.4 Å². The van der Waals surface area contributed by atoms with Gasteiger partial charge >= 0.3 is 0 Å². The molecule has 0 spiro atoms. The van der Waals surface area contributed by atoms with Gasteiger partial charge in [-0.15, -0.1) is 0 Å². The van der Waals surface area contributed by atoms with Gasteiger partial charge in [-0.2, -0.15) is 0 Å². The summed E-state index contributed by atoms with van der Waals surface area (Å²) in [6, 6.07) is 6.65. The van der Waals surface area contributed by atoms with Crippen molar-refractivity contribution in [2.75, 3.05) is 4.90 Å². The number of nitrogens with zero attached hydrogens (tertiary/aromatic N) is 1. The summed E-state index contributed by atoms with van der Waals surface area (Å²) in [5.74, 6) is -0.752.